The normalized spacial score (nSPS) is 11.4. The molecular weight excluding hydrogens is 387 g/mol. The largest absolute Gasteiger partial charge is 0.489 e. The molecule has 6 heteroatoms. The molecule has 0 atom stereocenters. The Morgan fingerprint density at radius 1 is 0.967 bits per heavy atom. The van der Waals surface area contributed by atoms with Crippen molar-refractivity contribution >= 4 is 5.97 Å². The first kappa shape index (κ1) is 23.8. The number of esters is 1. The summed E-state index contributed by atoms with van der Waals surface area (Å²) in [5, 5.41) is 0. The maximum atomic E-state index is 13.8. The molecule has 0 spiro atoms. The van der Waals surface area contributed by atoms with E-state index in [-0.39, 0.29) is 37.7 Å². The number of methoxy groups -OCH3 is 2. The van der Waals surface area contributed by atoms with Gasteiger partial charge in [0.15, 0.2) is 0 Å². The molecule has 0 aromatic heterocycles. The van der Waals surface area contributed by atoms with Crippen LogP contribution >= 0.6 is 0 Å². The molecule has 2 rings (SSSR count). The van der Waals surface area contributed by atoms with E-state index in [2.05, 4.69) is 20.8 Å². The molecule has 2 aromatic rings. The monoisotopic (exact) mass is 418 g/mol. The van der Waals surface area contributed by atoms with Crippen LogP contribution in [0, 0.1) is 5.82 Å². The summed E-state index contributed by atoms with van der Waals surface area (Å²) in [6, 6.07) is 10.2. The van der Waals surface area contributed by atoms with Crippen molar-refractivity contribution < 1.29 is 28.1 Å². The average molecular weight is 419 g/mol. The second-order valence-electron chi connectivity index (χ2n) is 7.72. The van der Waals surface area contributed by atoms with Crippen LogP contribution in [-0.4, -0.2) is 33.4 Å². The fourth-order valence-electron chi connectivity index (χ4n) is 3.05. The molecule has 5 nitrogen and oxygen atoms in total. The second kappa shape index (κ2) is 11.1. The van der Waals surface area contributed by atoms with Crippen molar-refractivity contribution in [1.82, 2.24) is 0 Å². The Labute approximate surface area is 178 Å². The van der Waals surface area contributed by atoms with E-state index < -0.39 is 5.97 Å². The van der Waals surface area contributed by atoms with Gasteiger partial charge in [0.25, 0.3) is 0 Å². The summed E-state index contributed by atoms with van der Waals surface area (Å²) >= 11 is 0. The smallest absolute Gasteiger partial charge is 0.338 e. The first-order chi connectivity index (χ1) is 14.3. The first-order valence-electron chi connectivity index (χ1n) is 10.0. The molecule has 0 fully saturated rings. The van der Waals surface area contributed by atoms with E-state index in [4.69, 9.17) is 18.9 Å². The van der Waals surface area contributed by atoms with Gasteiger partial charge in [0, 0.05) is 25.3 Å². The SMILES string of the molecule is CCC(C)(C)c1ccc(C(=O)OCCOc2c(COC)cc(F)cc2COC)cc1. The first-order valence-corrected chi connectivity index (χ1v) is 10.0. The van der Waals surface area contributed by atoms with Crippen LogP contribution in [-0.2, 0) is 32.8 Å². The standard InChI is InChI=1S/C24H31FO5/c1-6-24(2,3)20-9-7-17(8-10-20)23(26)30-12-11-29-22-18(15-27-4)13-21(25)14-19(22)16-28-5/h7-10,13-14H,6,11-12,15-16H2,1-5H3. The molecule has 0 aliphatic heterocycles. The zero-order valence-electron chi connectivity index (χ0n) is 18.4. The lowest BCUT2D eigenvalue weighted by Crippen LogP contribution is -2.16. The van der Waals surface area contributed by atoms with Gasteiger partial charge >= 0.3 is 5.97 Å². The van der Waals surface area contributed by atoms with E-state index in [9.17, 15) is 9.18 Å². The lowest BCUT2D eigenvalue weighted by molar-refractivity contribution is 0.0446. The highest BCUT2D eigenvalue weighted by atomic mass is 19.1. The lowest BCUT2D eigenvalue weighted by atomic mass is 9.82. The van der Waals surface area contributed by atoms with Gasteiger partial charge in [-0.2, -0.15) is 0 Å². The Hall–Kier alpha value is -2.44. The van der Waals surface area contributed by atoms with Crippen molar-refractivity contribution in [1.29, 1.82) is 0 Å². The number of hydrogen-bond donors (Lipinski definition) is 0. The van der Waals surface area contributed by atoms with Gasteiger partial charge in [0.2, 0.25) is 0 Å². The molecule has 0 radical (unpaired) electrons. The van der Waals surface area contributed by atoms with E-state index in [1.165, 1.54) is 31.9 Å². The molecule has 0 amide bonds. The summed E-state index contributed by atoms with van der Waals surface area (Å²) in [5.74, 6) is -0.308. The van der Waals surface area contributed by atoms with Crippen molar-refractivity contribution in [3.8, 4) is 5.75 Å². The van der Waals surface area contributed by atoms with Gasteiger partial charge in [0.1, 0.15) is 24.8 Å². The predicted molar refractivity (Wildman–Crippen MR) is 113 cm³/mol. The summed E-state index contributed by atoms with van der Waals surface area (Å²) in [6.07, 6.45) is 1.01. The molecule has 0 N–H and O–H groups in total. The summed E-state index contributed by atoms with van der Waals surface area (Å²) in [5.41, 5.74) is 2.88. The second-order valence-corrected chi connectivity index (χ2v) is 7.72. The highest BCUT2D eigenvalue weighted by Gasteiger charge is 2.18. The van der Waals surface area contributed by atoms with Gasteiger partial charge in [-0.15, -0.1) is 0 Å². The molecular formula is C24H31FO5. The zero-order valence-corrected chi connectivity index (χ0v) is 18.4. The Morgan fingerprint density at radius 2 is 1.53 bits per heavy atom. The Bertz CT molecular complexity index is 803. The summed E-state index contributed by atoms with van der Waals surface area (Å²) in [4.78, 5) is 12.3. The van der Waals surface area contributed by atoms with Gasteiger partial charge < -0.3 is 18.9 Å². The topological polar surface area (TPSA) is 54.0 Å². The summed E-state index contributed by atoms with van der Waals surface area (Å²) in [7, 11) is 3.05. The number of halogens is 1. The average Bonchev–Trinajstić information content (AvgIpc) is 2.73. The Balaban J connectivity index is 1.97. The minimum Gasteiger partial charge on any atom is -0.489 e. The predicted octanol–water partition coefficient (Wildman–Crippen LogP) is 5.04. The molecule has 30 heavy (non-hydrogen) atoms. The van der Waals surface area contributed by atoms with Crippen LogP contribution in [0.15, 0.2) is 36.4 Å². The molecule has 164 valence electrons. The van der Waals surface area contributed by atoms with Gasteiger partial charge in [-0.25, -0.2) is 9.18 Å². The lowest BCUT2D eigenvalue weighted by Gasteiger charge is -2.23. The van der Waals surface area contributed by atoms with Crippen LogP contribution in [0.3, 0.4) is 0 Å². The number of ether oxygens (including phenoxy) is 4. The van der Waals surface area contributed by atoms with Crippen molar-refractivity contribution in [2.45, 2.75) is 45.8 Å². The van der Waals surface area contributed by atoms with Crippen molar-refractivity contribution in [2.75, 3.05) is 27.4 Å². The van der Waals surface area contributed by atoms with E-state index in [0.717, 1.165) is 6.42 Å². The number of rotatable bonds is 11. The fourth-order valence-corrected chi connectivity index (χ4v) is 3.05. The molecule has 0 saturated heterocycles. The molecule has 0 aliphatic rings. The highest BCUT2D eigenvalue weighted by Crippen LogP contribution is 2.28. The van der Waals surface area contributed by atoms with Crippen molar-refractivity contribution in [3.63, 3.8) is 0 Å². The van der Waals surface area contributed by atoms with E-state index in [1.807, 2.05) is 12.1 Å². The van der Waals surface area contributed by atoms with Crippen LogP contribution in [0.25, 0.3) is 0 Å². The van der Waals surface area contributed by atoms with Crippen LogP contribution in [0.5, 0.6) is 5.75 Å². The molecule has 2 aromatic carbocycles. The zero-order chi connectivity index (χ0) is 22.1. The molecule has 0 saturated carbocycles. The maximum absolute atomic E-state index is 13.8. The van der Waals surface area contributed by atoms with Crippen LogP contribution in [0.1, 0.15) is 54.2 Å². The Morgan fingerprint density at radius 3 is 2.03 bits per heavy atom. The number of benzene rings is 2. The molecule has 0 unspecified atom stereocenters. The van der Waals surface area contributed by atoms with Crippen LogP contribution < -0.4 is 4.74 Å². The van der Waals surface area contributed by atoms with E-state index in [0.29, 0.717) is 22.4 Å². The third-order valence-corrected chi connectivity index (χ3v) is 5.16. The summed E-state index contributed by atoms with van der Waals surface area (Å²) in [6.45, 7) is 7.07. The summed E-state index contributed by atoms with van der Waals surface area (Å²) < 4.78 is 35.2. The van der Waals surface area contributed by atoms with Gasteiger partial charge in [-0.1, -0.05) is 32.9 Å². The highest BCUT2D eigenvalue weighted by molar-refractivity contribution is 5.89. The molecule has 0 heterocycles. The van der Waals surface area contributed by atoms with Crippen molar-refractivity contribution in [3.05, 3.63) is 64.5 Å². The number of hydrogen-bond acceptors (Lipinski definition) is 5. The third kappa shape index (κ3) is 6.28. The molecule has 0 aliphatic carbocycles. The van der Waals surface area contributed by atoms with Crippen LogP contribution in [0.2, 0.25) is 0 Å². The maximum Gasteiger partial charge on any atom is 0.338 e. The molecule has 0 bridgehead atoms. The third-order valence-electron chi connectivity index (χ3n) is 5.16. The fraction of sp³-hybridized carbons (Fsp3) is 0.458. The Kier molecular flexibility index (Phi) is 8.81. The van der Waals surface area contributed by atoms with Crippen molar-refractivity contribution in [2.24, 2.45) is 0 Å². The quantitative estimate of drug-likeness (QED) is 0.378. The van der Waals surface area contributed by atoms with Crippen LogP contribution in [0.4, 0.5) is 4.39 Å². The van der Waals surface area contributed by atoms with Gasteiger partial charge in [-0.3, -0.25) is 0 Å². The van der Waals surface area contributed by atoms with E-state index >= 15 is 0 Å². The number of carbonyl (C=O) groups is 1. The number of carbonyl (C=O) groups excluding carboxylic acids is 1. The minimum absolute atomic E-state index is 0.0608. The van der Waals surface area contributed by atoms with Gasteiger partial charge in [0.05, 0.1) is 18.8 Å². The van der Waals surface area contributed by atoms with Gasteiger partial charge in [-0.05, 0) is 41.7 Å². The van der Waals surface area contributed by atoms with E-state index in [1.54, 1.807) is 12.1 Å². The minimum atomic E-state index is -0.409.